The highest BCUT2D eigenvalue weighted by atomic mass is 127. The maximum atomic E-state index is 12.9. The van der Waals surface area contributed by atoms with Crippen LogP contribution < -0.4 is 15.4 Å². The highest BCUT2D eigenvalue weighted by Crippen LogP contribution is 2.34. The van der Waals surface area contributed by atoms with Crippen molar-refractivity contribution < 1.29 is 22.6 Å². The molecule has 1 atom stereocenters. The molecule has 0 aliphatic carbocycles. The molecule has 2 N–H and O–H groups in total. The van der Waals surface area contributed by atoms with Crippen molar-refractivity contribution in [2.24, 2.45) is 4.99 Å². The number of rotatable bonds is 8. The molecule has 0 spiro atoms. The SMILES string of the molecule is CCNC(=NCC(C)N1CCOCC1)NCCOc1ncccc1C(F)(F)F.I. The Morgan fingerprint density at radius 3 is 2.72 bits per heavy atom. The zero-order valence-electron chi connectivity index (χ0n) is 16.7. The van der Waals surface area contributed by atoms with Crippen LogP contribution in [-0.4, -0.2) is 74.4 Å². The first-order valence-electron chi connectivity index (χ1n) is 9.40. The number of hydrogen-bond donors (Lipinski definition) is 2. The summed E-state index contributed by atoms with van der Waals surface area (Å²) >= 11 is 0. The molecule has 2 rings (SSSR count). The third kappa shape index (κ3) is 8.91. The molecule has 1 aliphatic heterocycles. The minimum Gasteiger partial charge on any atom is -0.475 e. The largest absolute Gasteiger partial charge is 0.475 e. The Kier molecular flexibility index (Phi) is 11.6. The molecule has 1 aromatic heterocycles. The smallest absolute Gasteiger partial charge is 0.421 e. The van der Waals surface area contributed by atoms with E-state index in [9.17, 15) is 13.2 Å². The topological polar surface area (TPSA) is 71.0 Å². The fourth-order valence-corrected chi connectivity index (χ4v) is 2.74. The molecule has 1 aliphatic rings. The van der Waals surface area contributed by atoms with Crippen LogP contribution >= 0.6 is 24.0 Å². The Labute approximate surface area is 186 Å². The van der Waals surface area contributed by atoms with Crippen LogP contribution in [0.2, 0.25) is 0 Å². The van der Waals surface area contributed by atoms with E-state index >= 15 is 0 Å². The summed E-state index contributed by atoms with van der Waals surface area (Å²) in [6.07, 6.45) is -3.22. The van der Waals surface area contributed by atoms with Crippen molar-refractivity contribution in [1.29, 1.82) is 0 Å². The van der Waals surface area contributed by atoms with E-state index in [4.69, 9.17) is 9.47 Å². The number of alkyl halides is 3. The molecule has 1 unspecified atom stereocenters. The van der Waals surface area contributed by atoms with E-state index in [2.05, 4.69) is 32.4 Å². The van der Waals surface area contributed by atoms with Crippen molar-refractivity contribution in [1.82, 2.24) is 20.5 Å². The van der Waals surface area contributed by atoms with Crippen LogP contribution in [0.25, 0.3) is 0 Å². The highest BCUT2D eigenvalue weighted by molar-refractivity contribution is 14.0. The molecular weight excluding hydrogens is 502 g/mol. The minimum absolute atomic E-state index is 0. The van der Waals surface area contributed by atoms with Gasteiger partial charge in [-0.15, -0.1) is 24.0 Å². The molecule has 0 amide bonds. The van der Waals surface area contributed by atoms with Gasteiger partial charge in [-0.25, -0.2) is 4.98 Å². The van der Waals surface area contributed by atoms with Crippen molar-refractivity contribution >= 4 is 29.9 Å². The third-order valence-corrected chi connectivity index (χ3v) is 4.24. The van der Waals surface area contributed by atoms with Gasteiger partial charge < -0.3 is 20.1 Å². The monoisotopic (exact) mass is 531 g/mol. The van der Waals surface area contributed by atoms with Crippen LogP contribution in [0.1, 0.15) is 19.4 Å². The number of halogens is 4. The fourth-order valence-electron chi connectivity index (χ4n) is 2.74. The molecule has 0 radical (unpaired) electrons. The van der Waals surface area contributed by atoms with Gasteiger partial charge in [-0.1, -0.05) is 0 Å². The summed E-state index contributed by atoms with van der Waals surface area (Å²) in [5.74, 6) is 0.183. The second kappa shape index (κ2) is 13.1. The van der Waals surface area contributed by atoms with Crippen LogP contribution in [0, 0.1) is 0 Å². The fraction of sp³-hybridized carbons (Fsp3) is 0.667. The molecule has 7 nitrogen and oxygen atoms in total. The summed E-state index contributed by atoms with van der Waals surface area (Å²) in [6.45, 7) is 8.92. The van der Waals surface area contributed by atoms with Gasteiger partial charge in [0.05, 0.1) is 26.3 Å². The molecule has 1 aromatic rings. The molecule has 1 fully saturated rings. The molecule has 166 valence electrons. The number of nitrogens with zero attached hydrogens (tertiary/aromatic N) is 3. The van der Waals surface area contributed by atoms with Gasteiger partial charge in [0.15, 0.2) is 5.96 Å². The molecule has 2 heterocycles. The summed E-state index contributed by atoms with van der Waals surface area (Å²) < 4.78 is 49.4. The maximum absolute atomic E-state index is 12.9. The quantitative estimate of drug-likeness (QED) is 0.233. The van der Waals surface area contributed by atoms with E-state index in [1.165, 1.54) is 12.3 Å². The zero-order valence-corrected chi connectivity index (χ0v) is 19.0. The Morgan fingerprint density at radius 2 is 2.07 bits per heavy atom. The van der Waals surface area contributed by atoms with E-state index in [-0.39, 0.29) is 36.6 Å². The number of morpholine rings is 1. The van der Waals surface area contributed by atoms with Gasteiger partial charge in [0.2, 0.25) is 5.88 Å². The number of aromatic nitrogens is 1. The Balaban J connectivity index is 0.00000420. The van der Waals surface area contributed by atoms with Crippen molar-refractivity contribution in [2.75, 3.05) is 52.5 Å². The first-order chi connectivity index (χ1) is 13.4. The Bertz CT molecular complexity index is 628. The Hall–Kier alpha value is -1.34. The lowest BCUT2D eigenvalue weighted by Gasteiger charge is -2.31. The van der Waals surface area contributed by atoms with Crippen molar-refractivity contribution in [3.63, 3.8) is 0 Å². The highest BCUT2D eigenvalue weighted by Gasteiger charge is 2.35. The lowest BCUT2D eigenvalue weighted by molar-refractivity contribution is -0.139. The standard InChI is InChI=1S/C18H28F3N5O2.HI/c1-3-22-17(25-13-14(2)26-8-11-27-12-9-26)24-7-10-28-16-15(18(19,20)21)5-4-6-23-16;/h4-6,14H,3,7-13H2,1-2H3,(H2,22,24,25);1H. The normalized spacial score (nSPS) is 16.7. The molecular formula is C18H29F3IN5O2. The van der Waals surface area contributed by atoms with Crippen LogP contribution in [-0.2, 0) is 10.9 Å². The van der Waals surface area contributed by atoms with Crippen LogP contribution in [0.5, 0.6) is 5.88 Å². The predicted molar refractivity (Wildman–Crippen MR) is 116 cm³/mol. The summed E-state index contributed by atoms with van der Waals surface area (Å²) in [5, 5.41) is 6.19. The van der Waals surface area contributed by atoms with Gasteiger partial charge in [0.25, 0.3) is 0 Å². The van der Waals surface area contributed by atoms with Gasteiger partial charge in [0, 0.05) is 31.9 Å². The van der Waals surface area contributed by atoms with E-state index < -0.39 is 17.6 Å². The molecule has 11 heteroatoms. The van der Waals surface area contributed by atoms with Crippen LogP contribution in [0.15, 0.2) is 23.3 Å². The van der Waals surface area contributed by atoms with Gasteiger partial charge >= 0.3 is 6.18 Å². The van der Waals surface area contributed by atoms with Gasteiger partial charge in [-0.05, 0) is 26.0 Å². The van der Waals surface area contributed by atoms with E-state index in [0.717, 1.165) is 32.4 Å². The second-order valence-electron chi connectivity index (χ2n) is 6.35. The summed E-state index contributed by atoms with van der Waals surface area (Å²) in [6, 6.07) is 2.46. The third-order valence-electron chi connectivity index (χ3n) is 4.24. The molecule has 0 saturated carbocycles. The van der Waals surface area contributed by atoms with Gasteiger partial charge in [-0.3, -0.25) is 9.89 Å². The molecule has 0 aromatic carbocycles. The number of guanidine groups is 1. The van der Waals surface area contributed by atoms with Crippen molar-refractivity contribution in [3.05, 3.63) is 23.9 Å². The first-order valence-corrected chi connectivity index (χ1v) is 9.40. The maximum Gasteiger partial charge on any atom is 0.421 e. The molecule has 1 saturated heterocycles. The number of aliphatic imine (C=N–C) groups is 1. The summed E-state index contributed by atoms with van der Waals surface area (Å²) in [7, 11) is 0. The van der Waals surface area contributed by atoms with E-state index in [1.807, 2.05) is 6.92 Å². The van der Waals surface area contributed by atoms with Crippen molar-refractivity contribution in [2.45, 2.75) is 26.1 Å². The zero-order chi connectivity index (χ0) is 20.4. The van der Waals surface area contributed by atoms with Gasteiger partial charge in [0.1, 0.15) is 12.2 Å². The predicted octanol–water partition coefficient (Wildman–Crippen LogP) is 2.37. The molecule has 29 heavy (non-hydrogen) atoms. The minimum atomic E-state index is -4.50. The Morgan fingerprint density at radius 1 is 1.34 bits per heavy atom. The number of nitrogens with one attached hydrogen (secondary N) is 2. The average Bonchev–Trinajstić information content (AvgIpc) is 2.69. The second-order valence-corrected chi connectivity index (χ2v) is 6.35. The first kappa shape index (κ1) is 25.7. The van der Waals surface area contributed by atoms with E-state index in [1.54, 1.807) is 0 Å². The lowest BCUT2D eigenvalue weighted by atomic mass is 10.2. The van der Waals surface area contributed by atoms with E-state index in [0.29, 0.717) is 25.6 Å². The lowest BCUT2D eigenvalue weighted by Crippen LogP contribution is -2.45. The number of pyridine rings is 1. The van der Waals surface area contributed by atoms with Crippen molar-refractivity contribution in [3.8, 4) is 5.88 Å². The van der Waals surface area contributed by atoms with Crippen LogP contribution in [0.3, 0.4) is 0 Å². The average molecular weight is 531 g/mol. The number of ether oxygens (including phenoxy) is 2. The summed E-state index contributed by atoms with van der Waals surface area (Å²) in [5.41, 5.74) is -0.880. The number of hydrogen-bond acceptors (Lipinski definition) is 5. The van der Waals surface area contributed by atoms with Crippen LogP contribution in [0.4, 0.5) is 13.2 Å². The molecule has 0 bridgehead atoms. The summed E-state index contributed by atoms with van der Waals surface area (Å²) in [4.78, 5) is 10.5. The van der Waals surface area contributed by atoms with Gasteiger partial charge in [-0.2, -0.15) is 13.2 Å².